The third-order valence-electron chi connectivity index (χ3n) is 2.68. The molecule has 2 heteroatoms. The minimum atomic E-state index is 0.193. The lowest BCUT2D eigenvalue weighted by molar-refractivity contribution is 0.0618. The molecule has 1 fully saturated rings. The van der Waals surface area contributed by atoms with E-state index in [0.717, 1.165) is 18.4 Å². The van der Waals surface area contributed by atoms with Crippen molar-refractivity contribution in [2.45, 2.75) is 20.8 Å². The molecule has 2 nitrogen and oxygen atoms in total. The minimum Gasteiger partial charge on any atom is -0.301 e. The molecule has 0 radical (unpaired) electrons. The molecule has 0 saturated carbocycles. The molecule has 12 heavy (non-hydrogen) atoms. The molecular formula is C10H18N2. The van der Waals surface area contributed by atoms with E-state index < -0.39 is 0 Å². The maximum atomic E-state index is 8.60. The molecule has 68 valence electrons. The average molecular weight is 166 g/mol. The summed E-state index contributed by atoms with van der Waals surface area (Å²) in [6, 6.07) is 2.27. The Balaban J connectivity index is 2.14. The first-order chi connectivity index (χ1) is 5.63. The fraction of sp³-hybridized carbons (Fsp3) is 0.900. The molecule has 0 aliphatic carbocycles. The van der Waals surface area contributed by atoms with Gasteiger partial charge in [0.25, 0.3) is 0 Å². The third kappa shape index (κ3) is 2.22. The Kier molecular flexibility index (Phi) is 3.11. The molecule has 0 spiro atoms. The fourth-order valence-electron chi connectivity index (χ4n) is 1.61. The highest BCUT2D eigenvalue weighted by molar-refractivity contribution is 4.87. The van der Waals surface area contributed by atoms with E-state index in [1.807, 2.05) is 6.92 Å². The molecule has 0 aromatic heterocycles. The van der Waals surface area contributed by atoms with Gasteiger partial charge in [0.1, 0.15) is 0 Å². The second kappa shape index (κ2) is 3.91. The summed E-state index contributed by atoms with van der Waals surface area (Å²) in [5, 5.41) is 8.60. The first kappa shape index (κ1) is 9.54. The molecule has 0 bridgehead atoms. The van der Waals surface area contributed by atoms with E-state index in [1.165, 1.54) is 13.1 Å². The van der Waals surface area contributed by atoms with Crippen LogP contribution in [-0.4, -0.2) is 24.5 Å². The van der Waals surface area contributed by atoms with E-state index in [0.29, 0.717) is 0 Å². The Labute approximate surface area is 75.2 Å². The van der Waals surface area contributed by atoms with E-state index in [-0.39, 0.29) is 5.92 Å². The molecule has 1 atom stereocenters. The smallest absolute Gasteiger partial charge is 0.0666 e. The van der Waals surface area contributed by atoms with Crippen LogP contribution in [0.1, 0.15) is 20.8 Å². The second-order valence-corrected chi connectivity index (χ2v) is 4.25. The Bertz CT molecular complexity index is 175. The predicted molar refractivity (Wildman–Crippen MR) is 49.5 cm³/mol. The molecule has 0 aromatic rings. The van der Waals surface area contributed by atoms with E-state index in [9.17, 15) is 0 Å². The topological polar surface area (TPSA) is 27.0 Å². The SMILES string of the molecule is CC(C#N)CN1CC(C(C)C)C1. The molecule has 1 unspecified atom stereocenters. The summed E-state index contributed by atoms with van der Waals surface area (Å²) in [6.45, 7) is 9.89. The summed E-state index contributed by atoms with van der Waals surface area (Å²) in [6.07, 6.45) is 0. The first-order valence-electron chi connectivity index (χ1n) is 4.75. The monoisotopic (exact) mass is 166 g/mol. The van der Waals surface area contributed by atoms with Crippen LogP contribution >= 0.6 is 0 Å². The lowest BCUT2D eigenvalue weighted by Gasteiger charge is -2.42. The molecular weight excluding hydrogens is 148 g/mol. The van der Waals surface area contributed by atoms with Gasteiger partial charge < -0.3 is 4.90 Å². The maximum absolute atomic E-state index is 8.60. The number of hydrogen-bond acceptors (Lipinski definition) is 2. The van der Waals surface area contributed by atoms with Crippen LogP contribution in [-0.2, 0) is 0 Å². The quantitative estimate of drug-likeness (QED) is 0.638. The molecule has 1 aliphatic rings. The van der Waals surface area contributed by atoms with E-state index in [1.54, 1.807) is 0 Å². The van der Waals surface area contributed by atoms with Gasteiger partial charge in [0, 0.05) is 19.6 Å². The van der Waals surface area contributed by atoms with Gasteiger partial charge in [-0.2, -0.15) is 5.26 Å². The van der Waals surface area contributed by atoms with Gasteiger partial charge in [0.15, 0.2) is 0 Å². The van der Waals surface area contributed by atoms with Crippen molar-refractivity contribution in [3.63, 3.8) is 0 Å². The van der Waals surface area contributed by atoms with E-state index >= 15 is 0 Å². The molecule has 0 amide bonds. The van der Waals surface area contributed by atoms with Crippen LogP contribution in [0.3, 0.4) is 0 Å². The zero-order valence-corrected chi connectivity index (χ0v) is 8.25. The van der Waals surface area contributed by atoms with Crippen molar-refractivity contribution in [3.05, 3.63) is 0 Å². The number of nitrogens with zero attached hydrogens (tertiary/aromatic N) is 2. The summed E-state index contributed by atoms with van der Waals surface area (Å²) >= 11 is 0. The van der Waals surface area contributed by atoms with Gasteiger partial charge in [-0.1, -0.05) is 13.8 Å². The zero-order chi connectivity index (χ0) is 9.14. The van der Waals surface area contributed by atoms with Gasteiger partial charge in [-0.15, -0.1) is 0 Å². The van der Waals surface area contributed by atoms with Crippen molar-refractivity contribution in [1.82, 2.24) is 4.90 Å². The van der Waals surface area contributed by atoms with Crippen molar-refractivity contribution < 1.29 is 0 Å². The number of nitriles is 1. The average Bonchev–Trinajstić information content (AvgIpc) is 1.94. The van der Waals surface area contributed by atoms with Gasteiger partial charge in [-0.05, 0) is 18.8 Å². The van der Waals surface area contributed by atoms with Gasteiger partial charge in [0.05, 0.1) is 12.0 Å². The normalized spacial score (nSPS) is 21.9. The molecule has 1 saturated heterocycles. The van der Waals surface area contributed by atoms with E-state index in [2.05, 4.69) is 24.8 Å². The summed E-state index contributed by atoms with van der Waals surface area (Å²) < 4.78 is 0. The van der Waals surface area contributed by atoms with Gasteiger partial charge in [-0.25, -0.2) is 0 Å². The maximum Gasteiger partial charge on any atom is 0.0666 e. The predicted octanol–water partition coefficient (Wildman–Crippen LogP) is 1.73. The van der Waals surface area contributed by atoms with Crippen LogP contribution in [0.15, 0.2) is 0 Å². The lowest BCUT2D eigenvalue weighted by atomic mass is 9.88. The minimum absolute atomic E-state index is 0.193. The number of rotatable bonds is 3. The van der Waals surface area contributed by atoms with Crippen molar-refractivity contribution in [2.75, 3.05) is 19.6 Å². The molecule has 1 rings (SSSR count). The Hall–Kier alpha value is -0.550. The van der Waals surface area contributed by atoms with Crippen LogP contribution in [0.4, 0.5) is 0 Å². The Morgan fingerprint density at radius 1 is 1.42 bits per heavy atom. The van der Waals surface area contributed by atoms with Gasteiger partial charge in [-0.3, -0.25) is 0 Å². The summed E-state index contributed by atoms with van der Waals surface area (Å²) in [5.41, 5.74) is 0. The van der Waals surface area contributed by atoms with Gasteiger partial charge in [0.2, 0.25) is 0 Å². The second-order valence-electron chi connectivity index (χ2n) is 4.25. The molecule has 1 heterocycles. The van der Waals surface area contributed by atoms with Crippen LogP contribution in [0.2, 0.25) is 0 Å². The summed E-state index contributed by atoms with van der Waals surface area (Å²) in [7, 11) is 0. The third-order valence-corrected chi connectivity index (χ3v) is 2.68. The lowest BCUT2D eigenvalue weighted by Crippen LogP contribution is -2.50. The highest BCUT2D eigenvalue weighted by Gasteiger charge is 2.29. The summed E-state index contributed by atoms with van der Waals surface area (Å²) in [5.74, 6) is 1.87. The van der Waals surface area contributed by atoms with Crippen molar-refractivity contribution in [1.29, 1.82) is 5.26 Å². The standard InChI is InChI=1S/C10H18N2/c1-8(2)10-6-12(7-10)5-9(3)4-11/h8-10H,5-7H2,1-3H3. The highest BCUT2D eigenvalue weighted by Crippen LogP contribution is 2.23. The number of likely N-dealkylation sites (tertiary alicyclic amines) is 1. The zero-order valence-electron chi connectivity index (χ0n) is 8.25. The Morgan fingerprint density at radius 3 is 2.42 bits per heavy atom. The van der Waals surface area contributed by atoms with Crippen LogP contribution in [0.25, 0.3) is 0 Å². The fourth-order valence-corrected chi connectivity index (χ4v) is 1.61. The Morgan fingerprint density at radius 2 is 2.00 bits per heavy atom. The van der Waals surface area contributed by atoms with Crippen molar-refractivity contribution in [2.24, 2.45) is 17.8 Å². The number of hydrogen-bond donors (Lipinski definition) is 0. The van der Waals surface area contributed by atoms with Crippen molar-refractivity contribution >= 4 is 0 Å². The summed E-state index contributed by atoms with van der Waals surface area (Å²) in [4.78, 5) is 2.37. The van der Waals surface area contributed by atoms with E-state index in [4.69, 9.17) is 5.26 Å². The van der Waals surface area contributed by atoms with Crippen LogP contribution in [0.5, 0.6) is 0 Å². The molecule has 1 aliphatic heterocycles. The van der Waals surface area contributed by atoms with Crippen molar-refractivity contribution in [3.8, 4) is 6.07 Å². The van der Waals surface area contributed by atoms with Gasteiger partial charge >= 0.3 is 0 Å². The largest absolute Gasteiger partial charge is 0.301 e. The van der Waals surface area contributed by atoms with Crippen LogP contribution < -0.4 is 0 Å². The first-order valence-corrected chi connectivity index (χ1v) is 4.75. The highest BCUT2D eigenvalue weighted by atomic mass is 15.2. The molecule has 0 aromatic carbocycles. The molecule has 0 N–H and O–H groups in total. The van der Waals surface area contributed by atoms with Crippen LogP contribution in [0, 0.1) is 29.1 Å².